The molecule has 0 radical (unpaired) electrons. The van der Waals surface area contributed by atoms with E-state index in [1.54, 1.807) is 29.6 Å². The van der Waals surface area contributed by atoms with Gasteiger partial charge in [0, 0.05) is 36.1 Å². The minimum Gasteiger partial charge on any atom is -0.282 e. The van der Waals surface area contributed by atoms with Crippen LogP contribution in [0.15, 0.2) is 64.7 Å². The highest BCUT2D eigenvalue weighted by atomic mass is 32.2. The Bertz CT molecular complexity index is 1040. The van der Waals surface area contributed by atoms with E-state index in [0.29, 0.717) is 21.7 Å². The van der Waals surface area contributed by atoms with E-state index in [0.717, 1.165) is 16.6 Å². The number of hydrogen-bond acceptors (Lipinski definition) is 7. The van der Waals surface area contributed by atoms with Crippen molar-refractivity contribution in [3.63, 3.8) is 0 Å². The van der Waals surface area contributed by atoms with E-state index in [1.165, 1.54) is 23.1 Å². The normalized spacial score (nSPS) is 17.5. The number of hydrogen-bond donors (Lipinski definition) is 0. The number of nitrogens with zero attached hydrogens (tertiary/aromatic N) is 5. The Kier molecular flexibility index (Phi) is 4.59. The monoisotopic (exact) mass is 379 g/mol. The molecule has 1 aliphatic heterocycles. The summed E-state index contributed by atoms with van der Waals surface area (Å²) in [5, 5.41) is 3.07. The fourth-order valence-corrected chi connectivity index (χ4v) is 4.05. The first-order valence-electron chi connectivity index (χ1n) is 7.76. The summed E-state index contributed by atoms with van der Waals surface area (Å²) in [6.07, 6.45) is 8.51. The summed E-state index contributed by atoms with van der Waals surface area (Å²) in [5.74, 6) is -0.105. The van der Waals surface area contributed by atoms with Crippen LogP contribution in [-0.4, -0.2) is 37.5 Å². The van der Waals surface area contributed by atoms with Gasteiger partial charge < -0.3 is 0 Å². The van der Waals surface area contributed by atoms with Crippen LogP contribution in [0.3, 0.4) is 0 Å². The number of benzene rings is 1. The summed E-state index contributed by atoms with van der Waals surface area (Å²) < 4.78 is 0. The Balaban J connectivity index is 1.75. The third-order valence-corrected chi connectivity index (χ3v) is 5.30. The van der Waals surface area contributed by atoms with Crippen molar-refractivity contribution in [3.8, 4) is 0 Å². The van der Waals surface area contributed by atoms with Gasteiger partial charge in [-0.25, -0.2) is 4.98 Å². The highest BCUT2D eigenvalue weighted by molar-refractivity contribution is 8.18. The van der Waals surface area contributed by atoms with Gasteiger partial charge in [-0.15, -0.1) is 17.9 Å². The van der Waals surface area contributed by atoms with E-state index in [-0.39, 0.29) is 5.91 Å². The molecule has 0 unspecified atom stereocenters. The van der Waals surface area contributed by atoms with Crippen LogP contribution in [0.25, 0.3) is 17.1 Å². The maximum atomic E-state index is 12.8. The zero-order valence-corrected chi connectivity index (χ0v) is 15.2. The second kappa shape index (κ2) is 7.19. The topological polar surface area (TPSA) is 71.3 Å². The number of carbonyl (C=O) groups excluding carboxylic acids is 1. The molecule has 8 heteroatoms. The van der Waals surface area contributed by atoms with Gasteiger partial charge in [0.05, 0.1) is 15.9 Å². The predicted molar refractivity (Wildman–Crippen MR) is 106 cm³/mol. The summed E-state index contributed by atoms with van der Waals surface area (Å²) in [6, 6.07) is 5.72. The molecule has 2 aromatic heterocycles. The van der Waals surface area contributed by atoms with Crippen LogP contribution in [-0.2, 0) is 4.79 Å². The number of aliphatic imine (C=N–C) groups is 1. The SMILES string of the molecule is C=CCN1C(=O)C(=Cc2cccc3nccnc23)SC1=Nc1nccs1. The molecule has 0 bridgehead atoms. The van der Waals surface area contributed by atoms with Crippen molar-refractivity contribution in [2.45, 2.75) is 0 Å². The van der Waals surface area contributed by atoms with E-state index in [9.17, 15) is 4.79 Å². The largest absolute Gasteiger partial charge is 0.282 e. The third-order valence-electron chi connectivity index (χ3n) is 3.63. The third kappa shape index (κ3) is 3.16. The molecule has 1 aromatic carbocycles. The number of amides is 1. The average molecular weight is 379 g/mol. The van der Waals surface area contributed by atoms with Crippen LogP contribution in [0.2, 0.25) is 0 Å². The van der Waals surface area contributed by atoms with Crippen molar-refractivity contribution in [2.24, 2.45) is 4.99 Å². The highest BCUT2D eigenvalue weighted by Crippen LogP contribution is 2.35. The molecule has 1 saturated heterocycles. The first-order valence-corrected chi connectivity index (χ1v) is 9.46. The Morgan fingerprint density at radius 1 is 1.19 bits per heavy atom. The summed E-state index contributed by atoms with van der Waals surface area (Å²) >= 11 is 2.75. The Labute approximate surface area is 158 Å². The minimum atomic E-state index is -0.105. The number of rotatable bonds is 4. The second-order valence-corrected chi connectivity index (χ2v) is 7.18. The number of thiazole rings is 1. The maximum Gasteiger partial charge on any atom is 0.267 e. The van der Waals surface area contributed by atoms with Gasteiger partial charge in [-0.05, 0) is 23.9 Å². The first-order chi connectivity index (χ1) is 12.8. The number of fused-ring (bicyclic) bond motifs is 1. The molecule has 4 rings (SSSR count). The second-order valence-electron chi connectivity index (χ2n) is 5.30. The van der Waals surface area contributed by atoms with E-state index in [4.69, 9.17) is 0 Å². The fourth-order valence-electron chi connectivity index (χ4n) is 2.51. The van der Waals surface area contributed by atoms with Crippen molar-refractivity contribution in [2.75, 3.05) is 6.54 Å². The molecule has 0 atom stereocenters. The summed E-state index contributed by atoms with van der Waals surface area (Å²) in [6.45, 7) is 4.12. The summed E-state index contributed by atoms with van der Waals surface area (Å²) in [5.41, 5.74) is 2.40. The smallest absolute Gasteiger partial charge is 0.267 e. The lowest BCUT2D eigenvalue weighted by molar-refractivity contribution is -0.121. The number of amidine groups is 1. The molecule has 0 aliphatic carbocycles. The number of carbonyl (C=O) groups is 1. The number of para-hydroxylation sites is 1. The van der Waals surface area contributed by atoms with Gasteiger partial charge in [0.1, 0.15) is 0 Å². The van der Waals surface area contributed by atoms with Gasteiger partial charge in [0.15, 0.2) is 5.17 Å². The molecule has 0 N–H and O–H groups in total. The molecule has 1 fully saturated rings. The quantitative estimate of drug-likeness (QED) is 0.508. The summed E-state index contributed by atoms with van der Waals surface area (Å²) in [7, 11) is 0. The van der Waals surface area contributed by atoms with E-state index >= 15 is 0 Å². The lowest BCUT2D eigenvalue weighted by Gasteiger charge is -2.11. The number of thioether (sulfide) groups is 1. The van der Waals surface area contributed by atoms with Crippen molar-refractivity contribution < 1.29 is 4.79 Å². The van der Waals surface area contributed by atoms with Crippen LogP contribution < -0.4 is 0 Å². The molecule has 0 saturated carbocycles. The summed E-state index contributed by atoms with van der Waals surface area (Å²) in [4.78, 5) is 32.4. The Morgan fingerprint density at radius 3 is 2.88 bits per heavy atom. The Morgan fingerprint density at radius 2 is 2.08 bits per heavy atom. The van der Waals surface area contributed by atoms with Crippen molar-refractivity contribution in [1.29, 1.82) is 0 Å². The highest BCUT2D eigenvalue weighted by Gasteiger charge is 2.33. The number of aromatic nitrogens is 3. The van der Waals surface area contributed by atoms with Gasteiger partial charge in [0.25, 0.3) is 5.91 Å². The van der Waals surface area contributed by atoms with E-state index < -0.39 is 0 Å². The molecule has 6 nitrogen and oxygen atoms in total. The van der Waals surface area contributed by atoms with Gasteiger partial charge in [-0.2, -0.15) is 4.99 Å². The molecule has 1 aliphatic rings. The predicted octanol–water partition coefficient (Wildman–Crippen LogP) is 3.88. The standard InChI is InChI=1S/C18H13N5OS2/c1-2-9-23-16(24)14(26-18(23)22-17-21-8-10-25-17)11-12-4-3-5-13-15(12)20-7-6-19-13/h2-8,10-11H,1,9H2. The van der Waals surface area contributed by atoms with E-state index in [1.807, 2.05) is 29.7 Å². The van der Waals surface area contributed by atoms with Crippen LogP contribution in [0, 0.1) is 0 Å². The fraction of sp³-hybridized carbons (Fsp3) is 0.0556. The van der Waals surface area contributed by atoms with Gasteiger partial charge in [0.2, 0.25) is 5.13 Å². The lowest BCUT2D eigenvalue weighted by atomic mass is 10.1. The zero-order valence-electron chi connectivity index (χ0n) is 13.6. The Hall–Kier alpha value is -2.84. The van der Waals surface area contributed by atoms with Gasteiger partial charge in [-0.1, -0.05) is 18.2 Å². The van der Waals surface area contributed by atoms with Crippen molar-refractivity contribution in [1.82, 2.24) is 19.9 Å². The average Bonchev–Trinajstić information content (AvgIpc) is 3.27. The van der Waals surface area contributed by atoms with Crippen molar-refractivity contribution in [3.05, 3.63) is 65.3 Å². The molecule has 0 spiro atoms. The van der Waals surface area contributed by atoms with Crippen LogP contribution in [0.4, 0.5) is 5.13 Å². The zero-order chi connectivity index (χ0) is 17.9. The molecular weight excluding hydrogens is 366 g/mol. The van der Waals surface area contributed by atoms with Gasteiger partial charge >= 0.3 is 0 Å². The lowest BCUT2D eigenvalue weighted by Crippen LogP contribution is -2.29. The molecule has 128 valence electrons. The van der Waals surface area contributed by atoms with Crippen molar-refractivity contribution >= 4 is 56.4 Å². The van der Waals surface area contributed by atoms with Crippen LogP contribution >= 0.6 is 23.1 Å². The van der Waals surface area contributed by atoms with Crippen LogP contribution in [0.5, 0.6) is 0 Å². The minimum absolute atomic E-state index is 0.105. The molecule has 3 heterocycles. The molecule has 26 heavy (non-hydrogen) atoms. The maximum absolute atomic E-state index is 12.8. The van der Waals surface area contributed by atoms with Crippen LogP contribution in [0.1, 0.15) is 5.56 Å². The molecular formula is C18H13N5OS2. The first kappa shape index (κ1) is 16.6. The molecule has 1 amide bonds. The van der Waals surface area contributed by atoms with E-state index in [2.05, 4.69) is 26.5 Å². The molecule has 3 aromatic rings. The van der Waals surface area contributed by atoms with Gasteiger partial charge in [-0.3, -0.25) is 19.7 Å².